The summed E-state index contributed by atoms with van der Waals surface area (Å²) < 4.78 is 0. The van der Waals surface area contributed by atoms with E-state index in [1.165, 1.54) is 12.0 Å². The number of benzene rings is 1. The fourth-order valence-corrected chi connectivity index (χ4v) is 3.92. The number of nitrogens with zero attached hydrogens (tertiary/aromatic N) is 4. The zero-order valence-electron chi connectivity index (χ0n) is 15.7. The lowest BCUT2D eigenvalue weighted by molar-refractivity contribution is 0.0783. The Bertz CT molecular complexity index is 770. The summed E-state index contributed by atoms with van der Waals surface area (Å²) in [5, 5.41) is 0. The van der Waals surface area contributed by atoms with Crippen LogP contribution in [0.1, 0.15) is 41.2 Å². The quantitative estimate of drug-likeness (QED) is 0.820. The second-order valence-electron chi connectivity index (χ2n) is 7.18. The highest BCUT2D eigenvalue weighted by Gasteiger charge is 2.34. The lowest BCUT2D eigenvalue weighted by atomic mass is 9.95. The minimum atomic E-state index is -0.0560. The van der Waals surface area contributed by atoms with E-state index in [1.54, 1.807) is 12.3 Å². The standard InChI is InChI=1S/C20H25N5O.2ClH/c21-17-14-25(13-16(17)15-7-3-1-4-8-15)19(26)18-9-10-22-20(23-18)24-11-5-2-6-12-24;;/h1,3-4,7-10,16-17H,2,5-6,11-14,21H2;2*1H/t16-,17+;;/m0../s1. The van der Waals surface area contributed by atoms with Crippen molar-refractivity contribution in [2.24, 2.45) is 5.73 Å². The van der Waals surface area contributed by atoms with Gasteiger partial charge in [-0.2, -0.15) is 0 Å². The molecule has 8 heteroatoms. The van der Waals surface area contributed by atoms with Crippen LogP contribution in [0.4, 0.5) is 5.95 Å². The molecule has 1 amide bonds. The lowest BCUT2D eigenvalue weighted by Crippen LogP contribution is -2.34. The lowest BCUT2D eigenvalue weighted by Gasteiger charge is -2.26. The molecule has 0 bridgehead atoms. The molecule has 0 radical (unpaired) electrons. The normalized spacial score (nSPS) is 21.6. The maximum Gasteiger partial charge on any atom is 0.272 e. The molecule has 3 heterocycles. The third-order valence-corrected chi connectivity index (χ3v) is 5.38. The number of aromatic nitrogens is 2. The largest absolute Gasteiger partial charge is 0.341 e. The number of piperidine rings is 1. The number of nitrogens with two attached hydrogens (primary N) is 1. The van der Waals surface area contributed by atoms with E-state index in [9.17, 15) is 4.79 Å². The molecular weight excluding hydrogens is 397 g/mol. The number of carbonyl (C=O) groups excluding carboxylic acids is 1. The summed E-state index contributed by atoms with van der Waals surface area (Å²) in [5.41, 5.74) is 7.98. The highest BCUT2D eigenvalue weighted by Crippen LogP contribution is 2.27. The summed E-state index contributed by atoms with van der Waals surface area (Å²) in [7, 11) is 0. The molecule has 2 aromatic rings. The summed E-state index contributed by atoms with van der Waals surface area (Å²) in [5.74, 6) is 0.779. The molecule has 1 aromatic heterocycles. The highest BCUT2D eigenvalue weighted by molar-refractivity contribution is 5.92. The molecule has 0 unspecified atom stereocenters. The molecule has 1 aromatic carbocycles. The van der Waals surface area contributed by atoms with Gasteiger partial charge in [0, 0.05) is 44.3 Å². The number of carbonyl (C=O) groups is 1. The van der Waals surface area contributed by atoms with E-state index in [0.29, 0.717) is 24.7 Å². The number of likely N-dealkylation sites (tertiary alicyclic amines) is 1. The zero-order valence-corrected chi connectivity index (χ0v) is 17.4. The average Bonchev–Trinajstić information content (AvgIpc) is 3.10. The van der Waals surface area contributed by atoms with Gasteiger partial charge in [0.1, 0.15) is 5.69 Å². The van der Waals surface area contributed by atoms with Crippen LogP contribution in [0.15, 0.2) is 42.6 Å². The SMILES string of the molecule is Cl.Cl.N[C@@H]1CN(C(=O)c2ccnc(N3CCCCC3)n2)C[C@H]1c1ccccc1. The predicted octanol–water partition coefficient (Wildman–Crippen LogP) is 2.88. The molecular formula is C20H27Cl2N5O. The van der Waals surface area contributed by atoms with Crippen LogP contribution in [0.3, 0.4) is 0 Å². The van der Waals surface area contributed by atoms with Gasteiger partial charge in [-0.05, 0) is 30.9 Å². The molecule has 4 rings (SSSR count). The highest BCUT2D eigenvalue weighted by atomic mass is 35.5. The fourth-order valence-electron chi connectivity index (χ4n) is 3.92. The van der Waals surface area contributed by atoms with Gasteiger partial charge in [0.25, 0.3) is 5.91 Å². The van der Waals surface area contributed by atoms with Crippen molar-refractivity contribution in [3.63, 3.8) is 0 Å². The van der Waals surface area contributed by atoms with Crippen LogP contribution in [-0.4, -0.2) is 53.0 Å². The molecule has 2 N–H and O–H groups in total. The number of rotatable bonds is 3. The Balaban J connectivity index is 0.00000140. The van der Waals surface area contributed by atoms with E-state index in [4.69, 9.17) is 5.73 Å². The first-order valence-electron chi connectivity index (χ1n) is 9.40. The Morgan fingerprint density at radius 2 is 1.71 bits per heavy atom. The van der Waals surface area contributed by atoms with Gasteiger partial charge >= 0.3 is 0 Å². The summed E-state index contributed by atoms with van der Waals surface area (Å²) in [6, 6.07) is 11.8. The van der Waals surface area contributed by atoms with Crippen LogP contribution in [0.5, 0.6) is 0 Å². The third kappa shape index (κ3) is 4.74. The van der Waals surface area contributed by atoms with E-state index in [2.05, 4.69) is 27.0 Å². The summed E-state index contributed by atoms with van der Waals surface area (Å²) in [6.45, 7) is 3.11. The molecule has 2 aliphatic rings. The number of amides is 1. The minimum Gasteiger partial charge on any atom is -0.341 e. The summed E-state index contributed by atoms with van der Waals surface area (Å²) in [4.78, 5) is 25.9. The number of hydrogen-bond acceptors (Lipinski definition) is 5. The molecule has 152 valence electrons. The Morgan fingerprint density at radius 3 is 2.43 bits per heavy atom. The van der Waals surface area contributed by atoms with Gasteiger partial charge in [-0.15, -0.1) is 24.8 Å². The van der Waals surface area contributed by atoms with Gasteiger partial charge in [0.05, 0.1) is 0 Å². The molecule has 28 heavy (non-hydrogen) atoms. The van der Waals surface area contributed by atoms with Crippen LogP contribution >= 0.6 is 24.8 Å². The van der Waals surface area contributed by atoms with Crippen LogP contribution in [0.25, 0.3) is 0 Å². The van der Waals surface area contributed by atoms with Crippen molar-refractivity contribution in [3.05, 3.63) is 53.9 Å². The van der Waals surface area contributed by atoms with Crippen molar-refractivity contribution in [3.8, 4) is 0 Å². The molecule has 2 aliphatic heterocycles. The minimum absolute atomic E-state index is 0. The molecule has 2 saturated heterocycles. The fraction of sp³-hybridized carbons (Fsp3) is 0.450. The van der Waals surface area contributed by atoms with Crippen molar-refractivity contribution in [2.45, 2.75) is 31.2 Å². The first kappa shape index (κ1) is 22.4. The van der Waals surface area contributed by atoms with E-state index < -0.39 is 0 Å². The van der Waals surface area contributed by atoms with E-state index in [-0.39, 0.29) is 42.7 Å². The van der Waals surface area contributed by atoms with Gasteiger partial charge in [0.2, 0.25) is 5.95 Å². The second-order valence-corrected chi connectivity index (χ2v) is 7.18. The second kappa shape index (κ2) is 10.0. The maximum atomic E-state index is 13.0. The van der Waals surface area contributed by atoms with Crippen molar-refractivity contribution in [2.75, 3.05) is 31.1 Å². The molecule has 2 fully saturated rings. The van der Waals surface area contributed by atoms with Crippen LogP contribution < -0.4 is 10.6 Å². The van der Waals surface area contributed by atoms with Crippen molar-refractivity contribution >= 4 is 36.7 Å². The number of halogens is 2. The Hall–Kier alpha value is -1.89. The van der Waals surface area contributed by atoms with Gasteiger partial charge in [-0.1, -0.05) is 30.3 Å². The Kier molecular flexibility index (Phi) is 8.04. The van der Waals surface area contributed by atoms with Gasteiger partial charge in [-0.25, -0.2) is 9.97 Å². The molecule has 0 spiro atoms. The number of anilines is 1. The predicted molar refractivity (Wildman–Crippen MR) is 116 cm³/mol. The third-order valence-electron chi connectivity index (χ3n) is 5.38. The van der Waals surface area contributed by atoms with Crippen LogP contribution in [0, 0.1) is 0 Å². The smallest absolute Gasteiger partial charge is 0.272 e. The van der Waals surface area contributed by atoms with Crippen molar-refractivity contribution < 1.29 is 4.79 Å². The van der Waals surface area contributed by atoms with Gasteiger partial charge in [-0.3, -0.25) is 4.79 Å². The molecule has 2 atom stereocenters. The first-order valence-corrected chi connectivity index (χ1v) is 9.40. The molecule has 0 saturated carbocycles. The zero-order chi connectivity index (χ0) is 17.9. The van der Waals surface area contributed by atoms with Crippen molar-refractivity contribution in [1.29, 1.82) is 0 Å². The average molecular weight is 424 g/mol. The topological polar surface area (TPSA) is 75.3 Å². The first-order chi connectivity index (χ1) is 12.7. The van der Waals surface area contributed by atoms with Crippen molar-refractivity contribution in [1.82, 2.24) is 14.9 Å². The maximum absolute atomic E-state index is 13.0. The number of hydrogen-bond donors (Lipinski definition) is 1. The Morgan fingerprint density at radius 1 is 1.00 bits per heavy atom. The van der Waals surface area contributed by atoms with Crippen LogP contribution in [-0.2, 0) is 0 Å². The van der Waals surface area contributed by atoms with E-state index in [0.717, 1.165) is 25.9 Å². The molecule has 0 aliphatic carbocycles. The van der Waals surface area contributed by atoms with Crippen LogP contribution in [0.2, 0.25) is 0 Å². The Labute approximate surface area is 178 Å². The summed E-state index contributed by atoms with van der Waals surface area (Å²) >= 11 is 0. The van der Waals surface area contributed by atoms with Gasteiger partial charge in [0.15, 0.2) is 0 Å². The monoisotopic (exact) mass is 423 g/mol. The van der Waals surface area contributed by atoms with E-state index >= 15 is 0 Å². The van der Waals surface area contributed by atoms with E-state index in [1.807, 2.05) is 23.1 Å². The molecule has 6 nitrogen and oxygen atoms in total. The summed E-state index contributed by atoms with van der Waals surface area (Å²) in [6.07, 6.45) is 5.25. The van der Waals surface area contributed by atoms with Gasteiger partial charge < -0.3 is 15.5 Å².